The van der Waals surface area contributed by atoms with Gasteiger partial charge in [-0.3, -0.25) is 0 Å². The van der Waals surface area contributed by atoms with E-state index >= 15 is 0 Å². The van der Waals surface area contributed by atoms with Crippen molar-refractivity contribution in [1.29, 1.82) is 0 Å². The van der Waals surface area contributed by atoms with Gasteiger partial charge in [-0.15, -0.1) is 0 Å². The summed E-state index contributed by atoms with van der Waals surface area (Å²) in [6, 6.07) is 0. The summed E-state index contributed by atoms with van der Waals surface area (Å²) >= 11 is 0. The van der Waals surface area contributed by atoms with Crippen LogP contribution in [0.4, 0.5) is 5.95 Å². The SMILES string of the molecule is c1nc(N2CCNCC2)nc2c1CNC2. The summed E-state index contributed by atoms with van der Waals surface area (Å²) < 4.78 is 0. The Morgan fingerprint density at radius 2 is 2.00 bits per heavy atom. The molecule has 0 bridgehead atoms. The van der Waals surface area contributed by atoms with Gasteiger partial charge >= 0.3 is 0 Å². The first-order chi connectivity index (χ1) is 7.43. The third kappa shape index (κ3) is 1.68. The van der Waals surface area contributed by atoms with E-state index in [9.17, 15) is 0 Å². The van der Waals surface area contributed by atoms with Crippen LogP contribution in [0, 0.1) is 0 Å². The predicted octanol–water partition coefficient (Wildman–Crippen LogP) is -0.511. The fourth-order valence-electron chi connectivity index (χ4n) is 2.07. The minimum absolute atomic E-state index is 0.886. The number of fused-ring (bicyclic) bond motifs is 1. The van der Waals surface area contributed by atoms with Crippen molar-refractivity contribution in [1.82, 2.24) is 20.6 Å². The zero-order valence-electron chi connectivity index (χ0n) is 8.66. The molecule has 5 nitrogen and oxygen atoms in total. The summed E-state index contributed by atoms with van der Waals surface area (Å²) in [4.78, 5) is 11.3. The smallest absolute Gasteiger partial charge is 0.225 e. The van der Waals surface area contributed by atoms with E-state index in [2.05, 4.69) is 25.5 Å². The fourth-order valence-corrected chi connectivity index (χ4v) is 2.07. The molecule has 5 heteroatoms. The summed E-state index contributed by atoms with van der Waals surface area (Å²) in [6.07, 6.45) is 1.96. The third-order valence-electron chi connectivity index (χ3n) is 2.95. The van der Waals surface area contributed by atoms with Gasteiger partial charge < -0.3 is 15.5 Å². The summed E-state index contributed by atoms with van der Waals surface area (Å²) in [7, 11) is 0. The molecule has 1 aromatic heterocycles. The van der Waals surface area contributed by atoms with Crippen LogP contribution < -0.4 is 15.5 Å². The second-order valence-electron chi connectivity index (χ2n) is 3.98. The van der Waals surface area contributed by atoms with Crippen LogP contribution in [0.3, 0.4) is 0 Å². The molecular formula is C10H15N5. The van der Waals surface area contributed by atoms with E-state index in [0.29, 0.717) is 0 Å². The molecule has 0 amide bonds. The van der Waals surface area contributed by atoms with Gasteiger partial charge in [0.2, 0.25) is 5.95 Å². The van der Waals surface area contributed by atoms with Crippen LogP contribution in [0.5, 0.6) is 0 Å². The Kier molecular flexibility index (Phi) is 2.26. The van der Waals surface area contributed by atoms with E-state index in [1.54, 1.807) is 0 Å². The maximum Gasteiger partial charge on any atom is 0.225 e. The molecular weight excluding hydrogens is 190 g/mol. The van der Waals surface area contributed by atoms with Crippen molar-refractivity contribution >= 4 is 5.95 Å². The third-order valence-corrected chi connectivity index (χ3v) is 2.95. The van der Waals surface area contributed by atoms with Crippen molar-refractivity contribution in [3.63, 3.8) is 0 Å². The Morgan fingerprint density at radius 1 is 1.13 bits per heavy atom. The molecule has 2 aliphatic rings. The zero-order chi connectivity index (χ0) is 10.1. The lowest BCUT2D eigenvalue weighted by molar-refractivity contribution is 0.579. The molecule has 80 valence electrons. The minimum Gasteiger partial charge on any atom is -0.338 e. The normalized spacial score (nSPS) is 20.4. The van der Waals surface area contributed by atoms with E-state index in [1.807, 2.05) is 6.20 Å². The molecule has 15 heavy (non-hydrogen) atoms. The molecule has 0 unspecified atom stereocenters. The van der Waals surface area contributed by atoms with Gasteiger partial charge in [-0.05, 0) is 0 Å². The topological polar surface area (TPSA) is 53.1 Å². The van der Waals surface area contributed by atoms with Gasteiger partial charge in [0.15, 0.2) is 0 Å². The summed E-state index contributed by atoms with van der Waals surface area (Å²) in [5.41, 5.74) is 2.41. The highest BCUT2D eigenvalue weighted by Crippen LogP contribution is 2.15. The van der Waals surface area contributed by atoms with E-state index in [0.717, 1.165) is 45.2 Å². The second kappa shape index (κ2) is 3.75. The Balaban J connectivity index is 1.85. The number of hydrogen-bond acceptors (Lipinski definition) is 5. The molecule has 1 aromatic rings. The highest BCUT2D eigenvalue weighted by Gasteiger charge is 2.17. The molecule has 1 fully saturated rings. The standard InChI is InChI=1S/C10H15N5/c1-3-15(4-2-11-1)10-13-6-8-5-12-7-9(8)14-10/h6,11-12H,1-5,7H2. The van der Waals surface area contributed by atoms with Crippen LogP contribution in [0.2, 0.25) is 0 Å². The first-order valence-electron chi connectivity index (χ1n) is 5.45. The van der Waals surface area contributed by atoms with Gasteiger partial charge in [-0.25, -0.2) is 9.97 Å². The number of piperazine rings is 1. The Morgan fingerprint density at radius 3 is 2.87 bits per heavy atom. The van der Waals surface area contributed by atoms with Crippen LogP contribution in [-0.2, 0) is 13.1 Å². The van der Waals surface area contributed by atoms with Crippen molar-refractivity contribution in [2.45, 2.75) is 13.1 Å². The first kappa shape index (κ1) is 9.06. The maximum atomic E-state index is 4.60. The molecule has 0 atom stereocenters. The molecule has 0 aromatic carbocycles. The average Bonchev–Trinajstić information content (AvgIpc) is 2.77. The lowest BCUT2D eigenvalue weighted by atomic mass is 10.3. The van der Waals surface area contributed by atoms with Gasteiger partial charge in [-0.2, -0.15) is 0 Å². The number of hydrogen-bond donors (Lipinski definition) is 2. The molecule has 1 saturated heterocycles. The van der Waals surface area contributed by atoms with Gasteiger partial charge in [0, 0.05) is 51.0 Å². The van der Waals surface area contributed by atoms with Crippen molar-refractivity contribution in [3.8, 4) is 0 Å². The summed E-state index contributed by atoms with van der Waals surface area (Å²) in [5, 5.41) is 6.61. The first-order valence-corrected chi connectivity index (χ1v) is 5.45. The molecule has 0 spiro atoms. The Labute approximate surface area is 88.9 Å². The summed E-state index contributed by atoms with van der Waals surface area (Å²) in [6.45, 7) is 5.87. The molecule has 2 aliphatic heterocycles. The van der Waals surface area contributed by atoms with Crippen LogP contribution in [0.15, 0.2) is 6.20 Å². The number of anilines is 1. The Hall–Kier alpha value is -1.20. The van der Waals surface area contributed by atoms with E-state index in [-0.39, 0.29) is 0 Å². The van der Waals surface area contributed by atoms with Crippen LogP contribution in [-0.4, -0.2) is 36.1 Å². The number of rotatable bonds is 1. The van der Waals surface area contributed by atoms with Crippen LogP contribution >= 0.6 is 0 Å². The highest BCUT2D eigenvalue weighted by atomic mass is 15.3. The lowest BCUT2D eigenvalue weighted by Gasteiger charge is -2.27. The van der Waals surface area contributed by atoms with Crippen molar-refractivity contribution in [3.05, 3.63) is 17.5 Å². The second-order valence-corrected chi connectivity index (χ2v) is 3.98. The van der Waals surface area contributed by atoms with E-state index < -0.39 is 0 Å². The summed E-state index contributed by atoms with van der Waals surface area (Å²) in [5.74, 6) is 0.888. The largest absolute Gasteiger partial charge is 0.338 e. The van der Waals surface area contributed by atoms with Gasteiger partial charge in [0.05, 0.1) is 5.69 Å². The minimum atomic E-state index is 0.886. The van der Waals surface area contributed by atoms with Gasteiger partial charge in [-0.1, -0.05) is 0 Å². The van der Waals surface area contributed by atoms with E-state index in [4.69, 9.17) is 0 Å². The van der Waals surface area contributed by atoms with Crippen molar-refractivity contribution in [2.75, 3.05) is 31.1 Å². The highest BCUT2D eigenvalue weighted by molar-refractivity contribution is 5.35. The average molecular weight is 205 g/mol. The molecule has 0 aliphatic carbocycles. The molecule has 3 heterocycles. The molecule has 3 rings (SSSR count). The molecule has 0 radical (unpaired) electrons. The van der Waals surface area contributed by atoms with Crippen LogP contribution in [0.1, 0.15) is 11.3 Å². The van der Waals surface area contributed by atoms with Crippen molar-refractivity contribution < 1.29 is 0 Å². The monoisotopic (exact) mass is 205 g/mol. The zero-order valence-corrected chi connectivity index (χ0v) is 8.66. The number of aromatic nitrogens is 2. The van der Waals surface area contributed by atoms with Gasteiger partial charge in [0.1, 0.15) is 0 Å². The van der Waals surface area contributed by atoms with Gasteiger partial charge in [0.25, 0.3) is 0 Å². The number of nitrogens with zero attached hydrogens (tertiary/aromatic N) is 3. The molecule has 2 N–H and O–H groups in total. The van der Waals surface area contributed by atoms with E-state index in [1.165, 1.54) is 11.3 Å². The van der Waals surface area contributed by atoms with Crippen LogP contribution in [0.25, 0.3) is 0 Å². The Bertz CT molecular complexity index is 359. The quantitative estimate of drug-likeness (QED) is 0.646. The fraction of sp³-hybridized carbons (Fsp3) is 0.600. The maximum absolute atomic E-state index is 4.60. The number of nitrogens with one attached hydrogen (secondary N) is 2. The predicted molar refractivity (Wildman–Crippen MR) is 57.7 cm³/mol. The lowest BCUT2D eigenvalue weighted by Crippen LogP contribution is -2.44. The van der Waals surface area contributed by atoms with Crippen molar-refractivity contribution in [2.24, 2.45) is 0 Å². The molecule has 0 saturated carbocycles.